The Morgan fingerprint density at radius 3 is 1.09 bits per heavy atom. The summed E-state index contributed by atoms with van der Waals surface area (Å²) < 4.78 is 71.5. The first kappa shape index (κ1) is 22.1. The Morgan fingerprint density at radius 1 is 0.609 bits per heavy atom. The van der Waals surface area contributed by atoms with Crippen molar-refractivity contribution in [1.82, 2.24) is 0 Å². The number of benzene rings is 2. The van der Waals surface area contributed by atoms with Crippen molar-refractivity contribution < 1.29 is 43.7 Å². The van der Waals surface area contributed by atoms with Crippen LogP contribution in [0.25, 0.3) is 0 Å². The average molecular weight is 413 g/mol. The van der Waals surface area contributed by atoms with E-state index in [1.165, 1.54) is 24.3 Å². The molecule has 0 heterocycles. The Kier molecular flexibility index (Phi) is 8.50. The molecule has 0 fully saturated rings. The van der Waals surface area contributed by atoms with Gasteiger partial charge in [-0.1, -0.05) is 35.3 Å². The van der Waals surface area contributed by atoms with E-state index in [1.54, 1.807) is 0 Å². The van der Waals surface area contributed by atoms with E-state index in [9.17, 15) is 26.3 Å². The van der Waals surface area contributed by atoms with Crippen molar-refractivity contribution in [3.8, 4) is 0 Å². The van der Waals surface area contributed by atoms with Crippen LogP contribution < -0.4 is 0 Å². The first-order valence-corrected chi connectivity index (χ1v) is 6.41. The van der Waals surface area contributed by atoms with Gasteiger partial charge in [0, 0.05) is 27.4 Å². The largest absolute Gasteiger partial charge is 0.416 e. The molecule has 0 unspecified atom stereocenters. The van der Waals surface area contributed by atoms with Crippen LogP contribution in [-0.4, -0.2) is 0 Å². The van der Waals surface area contributed by atoms with Gasteiger partial charge in [0.05, 0.1) is 11.1 Å². The van der Waals surface area contributed by atoms with Crippen LogP contribution in [-0.2, 0) is 29.7 Å². The maximum absolute atomic E-state index is 11.9. The Balaban J connectivity index is 0.000000403. The van der Waals surface area contributed by atoms with E-state index in [1.807, 2.05) is 0 Å². The normalized spacial score (nSPS) is 11.1. The Labute approximate surface area is 149 Å². The van der Waals surface area contributed by atoms with Gasteiger partial charge in [-0.3, -0.25) is 0 Å². The van der Waals surface area contributed by atoms with Crippen molar-refractivity contribution in [2.75, 3.05) is 0 Å². The minimum absolute atomic E-state index is 0. The van der Waals surface area contributed by atoms with Crippen molar-refractivity contribution >= 4 is 23.2 Å². The molecule has 126 valence electrons. The van der Waals surface area contributed by atoms with E-state index in [2.05, 4.69) is 0 Å². The summed E-state index contributed by atoms with van der Waals surface area (Å²) in [5.74, 6) is 0. The topological polar surface area (TPSA) is 0 Å². The van der Waals surface area contributed by atoms with Gasteiger partial charge in [0.1, 0.15) is 0 Å². The fraction of sp³-hybridized carbons (Fsp3) is 0.143. The molecule has 2 aromatic rings. The summed E-state index contributed by atoms with van der Waals surface area (Å²) >= 11 is 10.7. The summed E-state index contributed by atoms with van der Waals surface area (Å²) in [4.78, 5) is 0. The molecule has 0 aromatic heterocycles. The fourth-order valence-corrected chi connectivity index (χ4v) is 1.71. The summed E-state index contributed by atoms with van der Waals surface area (Å²) in [6.07, 6.45) is -8.60. The number of alkyl halides is 6. The molecule has 0 spiro atoms. The van der Waals surface area contributed by atoms with Crippen LogP contribution in [0, 0.1) is 0 Å². The van der Waals surface area contributed by atoms with Crippen LogP contribution >= 0.6 is 23.2 Å². The Morgan fingerprint density at radius 2 is 0.913 bits per heavy atom. The summed E-state index contributed by atoms with van der Waals surface area (Å²) in [5.41, 5.74) is -1.44. The van der Waals surface area contributed by atoms with E-state index in [0.29, 0.717) is 0 Å². The Hall–Kier alpha value is -0.868. The molecular weight excluding hydrogens is 405 g/mol. The van der Waals surface area contributed by atoms with Crippen molar-refractivity contribution in [3.63, 3.8) is 0 Å². The molecule has 0 amide bonds. The quantitative estimate of drug-likeness (QED) is 0.421. The van der Waals surface area contributed by atoms with Crippen LogP contribution in [0.1, 0.15) is 11.1 Å². The van der Waals surface area contributed by atoms with Gasteiger partial charge in [0.2, 0.25) is 0 Å². The molecule has 0 nitrogen and oxygen atoms in total. The van der Waals surface area contributed by atoms with E-state index in [0.717, 1.165) is 24.3 Å². The SMILES string of the molecule is FC(F)(F)c1cccc(Cl)c1.FC(F)(F)c1cccc(Cl)c1.[Cr]. The fourth-order valence-electron chi connectivity index (χ4n) is 1.33. The zero-order chi connectivity index (χ0) is 17.0. The molecule has 2 rings (SSSR count). The average Bonchev–Trinajstić information content (AvgIpc) is 2.37. The molecule has 0 N–H and O–H groups in total. The van der Waals surface area contributed by atoms with Gasteiger partial charge in [-0.25, -0.2) is 0 Å². The van der Waals surface area contributed by atoms with Gasteiger partial charge in [0.15, 0.2) is 0 Å². The zero-order valence-corrected chi connectivity index (χ0v) is 13.8. The zero-order valence-electron chi connectivity index (χ0n) is 11.1. The van der Waals surface area contributed by atoms with Crippen LogP contribution in [0.3, 0.4) is 0 Å². The maximum atomic E-state index is 11.9. The second-order valence-corrected chi connectivity index (χ2v) is 4.89. The predicted molar refractivity (Wildman–Crippen MR) is 72.9 cm³/mol. The first-order chi connectivity index (χ1) is 10.00. The van der Waals surface area contributed by atoms with Gasteiger partial charge >= 0.3 is 12.4 Å². The minimum atomic E-state index is -4.30. The number of rotatable bonds is 0. The molecule has 0 bridgehead atoms. The van der Waals surface area contributed by atoms with Gasteiger partial charge in [0.25, 0.3) is 0 Å². The van der Waals surface area contributed by atoms with Crippen LogP contribution in [0.2, 0.25) is 10.0 Å². The minimum Gasteiger partial charge on any atom is -0.166 e. The number of hydrogen-bond acceptors (Lipinski definition) is 0. The third-order valence-corrected chi connectivity index (χ3v) is 2.77. The Bertz CT molecular complexity index is 570. The maximum Gasteiger partial charge on any atom is 0.416 e. The van der Waals surface area contributed by atoms with Crippen molar-refractivity contribution in [1.29, 1.82) is 0 Å². The van der Waals surface area contributed by atoms with Crippen LogP contribution in [0.4, 0.5) is 26.3 Å². The number of halogens is 8. The smallest absolute Gasteiger partial charge is 0.166 e. The predicted octanol–water partition coefficient (Wildman–Crippen LogP) is 6.72. The third kappa shape index (κ3) is 7.98. The van der Waals surface area contributed by atoms with E-state index < -0.39 is 23.5 Å². The molecule has 0 radical (unpaired) electrons. The molecule has 9 heteroatoms. The number of hydrogen-bond donors (Lipinski definition) is 0. The summed E-state index contributed by atoms with van der Waals surface area (Å²) in [6.45, 7) is 0. The second-order valence-electron chi connectivity index (χ2n) is 4.02. The summed E-state index contributed by atoms with van der Waals surface area (Å²) in [7, 11) is 0. The van der Waals surface area contributed by atoms with Gasteiger partial charge in [-0.15, -0.1) is 0 Å². The molecule has 0 saturated carbocycles. The van der Waals surface area contributed by atoms with Crippen molar-refractivity contribution in [2.24, 2.45) is 0 Å². The van der Waals surface area contributed by atoms with E-state index in [-0.39, 0.29) is 27.4 Å². The molecule has 2 aromatic carbocycles. The van der Waals surface area contributed by atoms with Gasteiger partial charge in [-0.05, 0) is 36.4 Å². The molecule has 0 aliphatic rings. The van der Waals surface area contributed by atoms with Crippen LogP contribution in [0.5, 0.6) is 0 Å². The monoisotopic (exact) mass is 412 g/mol. The van der Waals surface area contributed by atoms with E-state index >= 15 is 0 Å². The summed E-state index contributed by atoms with van der Waals surface area (Å²) in [6, 6.07) is 9.07. The third-order valence-electron chi connectivity index (χ3n) is 2.30. The molecule has 0 aliphatic carbocycles. The van der Waals surface area contributed by atoms with Gasteiger partial charge < -0.3 is 0 Å². The first-order valence-electron chi connectivity index (χ1n) is 5.65. The van der Waals surface area contributed by atoms with Gasteiger partial charge in [-0.2, -0.15) is 26.3 Å². The molecule has 0 atom stereocenters. The summed E-state index contributed by atoms with van der Waals surface area (Å²) in [5, 5.41) is 0.194. The van der Waals surface area contributed by atoms with Crippen LogP contribution in [0.15, 0.2) is 48.5 Å². The molecule has 0 saturated heterocycles. The molecule has 0 aliphatic heterocycles. The van der Waals surface area contributed by atoms with Crippen molar-refractivity contribution in [3.05, 3.63) is 69.7 Å². The van der Waals surface area contributed by atoms with E-state index in [4.69, 9.17) is 23.2 Å². The molecule has 23 heavy (non-hydrogen) atoms. The second kappa shape index (κ2) is 8.84. The van der Waals surface area contributed by atoms with Crippen molar-refractivity contribution in [2.45, 2.75) is 12.4 Å². The standard InChI is InChI=1S/2C7H4ClF3.Cr/c2*8-6-3-1-2-5(4-6)7(9,10)11;/h2*1-4H;. The molecular formula is C14H8Cl2CrF6.